The van der Waals surface area contributed by atoms with Crippen LogP contribution in [0.4, 0.5) is 0 Å². The lowest BCUT2D eigenvalue weighted by Gasteiger charge is -2.39. The van der Waals surface area contributed by atoms with Gasteiger partial charge < -0.3 is 29.9 Å². The molecule has 0 bridgehead atoms. The fourth-order valence-electron chi connectivity index (χ4n) is 1.37. The van der Waals surface area contributed by atoms with Gasteiger partial charge >= 0.3 is 0 Å². The van der Waals surface area contributed by atoms with Crippen molar-refractivity contribution < 1.29 is 29.9 Å². The molecule has 1 saturated heterocycles. The Balaban J connectivity index is 2.63. The van der Waals surface area contributed by atoms with E-state index >= 15 is 0 Å². The van der Waals surface area contributed by atoms with E-state index in [0.29, 0.717) is 6.61 Å². The van der Waals surface area contributed by atoms with E-state index in [0.717, 1.165) is 0 Å². The second kappa shape index (κ2) is 5.01. The molecule has 0 unspecified atom stereocenters. The van der Waals surface area contributed by atoms with E-state index in [2.05, 4.69) is 0 Å². The van der Waals surface area contributed by atoms with Gasteiger partial charge in [-0.25, -0.2) is 0 Å². The zero-order chi connectivity index (χ0) is 10.7. The van der Waals surface area contributed by atoms with Crippen molar-refractivity contribution in [3.63, 3.8) is 0 Å². The Morgan fingerprint density at radius 3 is 2.29 bits per heavy atom. The number of aliphatic hydroxyl groups is 4. The second-order valence-corrected chi connectivity index (χ2v) is 3.15. The lowest BCUT2D eigenvalue weighted by molar-refractivity contribution is -0.300. The second-order valence-electron chi connectivity index (χ2n) is 3.15. The summed E-state index contributed by atoms with van der Waals surface area (Å²) in [5.74, 6) is 0. The van der Waals surface area contributed by atoms with Crippen LogP contribution in [-0.2, 0) is 9.47 Å². The van der Waals surface area contributed by atoms with Gasteiger partial charge in [0.25, 0.3) is 0 Å². The Morgan fingerprint density at radius 1 is 1.14 bits per heavy atom. The van der Waals surface area contributed by atoms with Gasteiger partial charge in [-0.1, -0.05) is 0 Å². The molecule has 0 saturated carbocycles. The molecule has 14 heavy (non-hydrogen) atoms. The van der Waals surface area contributed by atoms with Gasteiger partial charge in [-0.05, 0) is 6.92 Å². The normalized spacial score (nSPS) is 43.9. The molecule has 1 heterocycles. The van der Waals surface area contributed by atoms with Crippen LogP contribution < -0.4 is 0 Å². The molecule has 0 aliphatic carbocycles. The van der Waals surface area contributed by atoms with Crippen LogP contribution >= 0.6 is 0 Å². The monoisotopic (exact) mass is 208 g/mol. The van der Waals surface area contributed by atoms with Crippen LogP contribution in [0.3, 0.4) is 0 Å². The molecule has 1 aliphatic heterocycles. The van der Waals surface area contributed by atoms with Crippen molar-refractivity contribution in [2.24, 2.45) is 0 Å². The van der Waals surface area contributed by atoms with Crippen molar-refractivity contribution in [1.82, 2.24) is 0 Å². The van der Waals surface area contributed by atoms with Gasteiger partial charge in [-0.2, -0.15) is 0 Å². The third-order valence-electron chi connectivity index (χ3n) is 2.18. The van der Waals surface area contributed by atoms with Gasteiger partial charge in [-0.15, -0.1) is 0 Å². The van der Waals surface area contributed by atoms with Gasteiger partial charge in [0.2, 0.25) is 0 Å². The fraction of sp³-hybridized carbons (Fsp3) is 1.00. The standard InChI is InChI=1S/C8H16O6/c1-2-13-8-7(12)6(11)5(10)4(3-9)14-8/h4-12H,2-3H2,1H3/t4-,5+,6-,7-,8-/m1/s1. The largest absolute Gasteiger partial charge is 0.394 e. The molecular formula is C8H16O6. The maximum absolute atomic E-state index is 9.41. The topological polar surface area (TPSA) is 99.4 Å². The minimum atomic E-state index is -1.36. The van der Waals surface area contributed by atoms with Crippen LogP contribution in [-0.4, -0.2) is 64.3 Å². The average Bonchev–Trinajstić information content (AvgIpc) is 2.19. The summed E-state index contributed by atoms with van der Waals surface area (Å²) >= 11 is 0. The molecule has 0 radical (unpaired) electrons. The van der Waals surface area contributed by atoms with E-state index in [9.17, 15) is 15.3 Å². The summed E-state index contributed by atoms with van der Waals surface area (Å²) in [4.78, 5) is 0. The van der Waals surface area contributed by atoms with Crippen LogP contribution in [0.2, 0.25) is 0 Å². The first-order valence-electron chi connectivity index (χ1n) is 4.54. The van der Waals surface area contributed by atoms with Crippen LogP contribution in [0.25, 0.3) is 0 Å². The molecule has 0 aromatic rings. The fourth-order valence-corrected chi connectivity index (χ4v) is 1.37. The predicted octanol–water partition coefficient (Wildman–Crippen LogP) is -2.18. The van der Waals surface area contributed by atoms with Crippen molar-refractivity contribution in [2.75, 3.05) is 13.2 Å². The van der Waals surface area contributed by atoms with Gasteiger partial charge in [-0.3, -0.25) is 0 Å². The SMILES string of the molecule is CCO[C@@H]1O[C@H](CO)[C@H](O)[C@@H](O)[C@H]1O. The maximum Gasteiger partial charge on any atom is 0.186 e. The highest BCUT2D eigenvalue weighted by Gasteiger charge is 2.43. The summed E-state index contributed by atoms with van der Waals surface area (Å²) in [5, 5.41) is 36.9. The minimum Gasteiger partial charge on any atom is -0.394 e. The Bertz CT molecular complexity index is 171. The van der Waals surface area contributed by atoms with Crippen LogP contribution in [0.1, 0.15) is 6.92 Å². The smallest absolute Gasteiger partial charge is 0.186 e. The van der Waals surface area contributed by atoms with Crippen molar-refractivity contribution in [2.45, 2.75) is 37.6 Å². The van der Waals surface area contributed by atoms with Gasteiger partial charge in [0.1, 0.15) is 24.4 Å². The predicted molar refractivity (Wildman–Crippen MR) is 45.4 cm³/mol. The van der Waals surface area contributed by atoms with E-state index in [1.54, 1.807) is 6.92 Å². The summed E-state index contributed by atoms with van der Waals surface area (Å²) in [6.45, 7) is 1.58. The van der Waals surface area contributed by atoms with E-state index in [4.69, 9.17) is 14.6 Å². The van der Waals surface area contributed by atoms with E-state index in [1.807, 2.05) is 0 Å². The number of ether oxygens (including phenoxy) is 2. The molecule has 1 fully saturated rings. The highest BCUT2D eigenvalue weighted by atomic mass is 16.7. The van der Waals surface area contributed by atoms with Crippen molar-refractivity contribution in [3.05, 3.63) is 0 Å². The summed E-state index contributed by atoms with van der Waals surface area (Å²) in [6, 6.07) is 0. The van der Waals surface area contributed by atoms with E-state index < -0.39 is 37.3 Å². The molecule has 6 heteroatoms. The lowest BCUT2D eigenvalue weighted by Crippen LogP contribution is -2.59. The van der Waals surface area contributed by atoms with Crippen LogP contribution in [0.15, 0.2) is 0 Å². The lowest BCUT2D eigenvalue weighted by atomic mass is 9.99. The quantitative estimate of drug-likeness (QED) is 0.421. The number of hydrogen-bond acceptors (Lipinski definition) is 6. The summed E-state index contributed by atoms with van der Waals surface area (Å²) in [6.07, 6.45) is -5.89. The van der Waals surface area contributed by atoms with Gasteiger partial charge in [0.05, 0.1) is 6.61 Å². The molecule has 0 amide bonds. The average molecular weight is 208 g/mol. The molecular weight excluding hydrogens is 192 g/mol. The Hall–Kier alpha value is -0.240. The van der Waals surface area contributed by atoms with Crippen molar-refractivity contribution >= 4 is 0 Å². The van der Waals surface area contributed by atoms with Crippen molar-refractivity contribution in [3.8, 4) is 0 Å². The number of hydrogen-bond donors (Lipinski definition) is 4. The molecule has 5 atom stereocenters. The van der Waals surface area contributed by atoms with Crippen molar-refractivity contribution in [1.29, 1.82) is 0 Å². The summed E-state index contributed by atoms with van der Waals surface area (Å²) in [5.41, 5.74) is 0. The van der Waals surface area contributed by atoms with Gasteiger partial charge in [0, 0.05) is 6.61 Å². The first kappa shape index (κ1) is 11.8. The van der Waals surface area contributed by atoms with Crippen LogP contribution in [0, 0.1) is 0 Å². The number of rotatable bonds is 3. The van der Waals surface area contributed by atoms with E-state index in [1.165, 1.54) is 0 Å². The Morgan fingerprint density at radius 2 is 1.79 bits per heavy atom. The zero-order valence-electron chi connectivity index (χ0n) is 7.91. The molecule has 0 aromatic carbocycles. The maximum atomic E-state index is 9.41. The summed E-state index contributed by atoms with van der Waals surface area (Å²) in [7, 11) is 0. The Kier molecular flexibility index (Phi) is 4.24. The molecule has 1 aliphatic rings. The molecule has 0 aromatic heterocycles. The highest BCUT2D eigenvalue weighted by molar-refractivity contribution is 4.88. The highest BCUT2D eigenvalue weighted by Crippen LogP contribution is 2.21. The van der Waals surface area contributed by atoms with Gasteiger partial charge in [0.15, 0.2) is 6.29 Å². The molecule has 0 spiro atoms. The molecule has 6 nitrogen and oxygen atoms in total. The third kappa shape index (κ3) is 2.22. The first-order chi connectivity index (χ1) is 6.61. The molecule has 1 rings (SSSR count). The molecule has 4 N–H and O–H groups in total. The van der Waals surface area contributed by atoms with E-state index in [-0.39, 0.29) is 0 Å². The third-order valence-corrected chi connectivity index (χ3v) is 2.18. The Labute approximate surface area is 81.7 Å². The number of aliphatic hydroxyl groups excluding tert-OH is 4. The summed E-state index contributed by atoms with van der Waals surface area (Å²) < 4.78 is 10.0. The zero-order valence-corrected chi connectivity index (χ0v) is 7.91. The molecule has 84 valence electrons. The minimum absolute atomic E-state index is 0.308. The van der Waals surface area contributed by atoms with Crippen LogP contribution in [0.5, 0.6) is 0 Å². The first-order valence-corrected chi connectivity index (χ1v) is 4.54.